The highest BCUT2D eigenvalue weighted by Crippen LogP contribution is 2.13. The molecule has 2 aromatic rings. The van der Waals surface area contributed by atoms with Crippen LogP contribution in [0.5, 0.6) is 0 Å². The molecule has 1 aromatic heterocycles. The van der Waals surface area contributed by atoms with Crippen LogP contribution in [0.15, 0.2) is 24.4 Å². The third kappa shape index (κ3) is 2.39. The average molecular weight is 213 g/mol. The van der Waals surface area contributed by atoms with E-state index in [1.165, 1.54) is 18.3 Å². The molecule has 0 saturated carbocycles. The molecule has 0 saturated heterocycles. The van der Waals surface area contributed by atoms with Crippen molar-refractivity contribution < 1.29 is 4.39 Å². The smallest absolute Gasteiger partial charge is 0.148 e. The zero-order chi connectivity index (χ0) is 10.6. The second-order valence-electron chi connectivity index (χ2n) is 2.33. The summed E-state index contributed by atoms with van der Waals surface area (Å²) in [6, 6.07) is 4.20. The van der Waals surface area contributed by atoms with Gasteiger partial charge in [-0.1, -0.05) is 25.4 Å². The minimum atomic E-state index is -0.334. The Morgan fingerprint density at radius 3 is 2.64 bits per heavy atom. The number of halogens is 2. The molecule has 74 valence electrons. The van der Waals surface area contributed by atoms with Crippen molar-refractivity contribution in [3.8, 4) is 0 Å². The van der Waals surface area contributed by atoms with Gasteiger partial charge in [0.1, 0.15) is 11.0 Å². The van der Waals surface area contributed by atoms with Crippen LogP contribution in [0.4, 0.5) is 4.39 Å². The Labute approximate surface area is 86.8 Å². The monoisotopic (exact) mass is 212 g/mol. The van der Waals surface area contributed by atoms with Crippen molar-refractivity contribution in [3.63, 3.8) is 0 Å². The molecule has 0 aliphatic heterocycles. The fraction of sp³-hybridized carbons (Fsp3) is 0.200. The van der Waals surface area contributed by atoms with E-state index in [9.17, 15) is 4.39 Å². The van der Waals surface area contributed by atoms with E-state index in [1.807, 2.05) is 13.8 Å². The zero-order valence-electron chi connectivity index (χ0n) is 7.96. The van der Waals surface area contributed by atoms with Gasteiger partial charge >= 0.3 is 0 Å². The molecule has 0 radical (unpaired) electrons. The molecule has 4 heteroatoms. The van der Waals surface area contributed by atoms with Gasteiger partial charge in [-0.15, -0.1) is 0 Å². The maximum atomic E-state index is 12.7. The summed E-state index contributed by atoms with van der Waals surface area (Å²) in [5.74, 6) is -0.334. The van der Waals surface area contributed by atoms with Crippen LogP contribution in [0.2, 0.25) is 5.15 Å². The van der Waals surface area contributed by atoms with E-state index in [2.05, 4.69) is 9.97 Å². The largest absolute Gasteiger partial charge is 0.251 e. The molecular formula is C10H10ClFN2. The molecule has 0 amide bonds. The third-order valence-electron chi connectivity index (χ3n) is 1.47. The minimum Gasteiger partial charge on any atom is -0.251 e. The van der Waals surface area contributed by atoms with Gasteiger partial charge in [-0.05, 0) is 12.1 Å². The summed E-state index contributed by atoms with van der Waals surface area (Å²) >= 11 is 5.57. The van der Waals surface area contributed by atoms with E-state index in [0.29, 0.717) is 11.0 Å². The number of hydrogen-bond acceptors (Lipinski definition) is 2. The Morgan fingerprint density at radius 1 is 1.21 bits per heavy atom. The first-order valence-corrected chi connectivity index (χ1v) is 4.71. The van der Waals surface area contributed by atoms with Crippen molar-refractivity contribution in [2.24, 2.45) is 0 Å². The van der Waals surface area contributed by atoms with Crippen LogP contribution in [0, 0.1) is 5.82 Å². The number of aromatic nitrogens is 2. The molecule has 0 atom stereocenters. The first kappa shape index (κ1) is 10.9. The minimum absolute atomic E-state index is 0.271. The van der Waals surface area contributed by atoms with Crippen LogP contribution in [0.3, 0.4) is 0 Å². The lowest BCUT2D eigenvalue weighted by Crippen LogP contribution is -1.84. The highest BCUT2D eigenvalue weighted by molar-refractivity contribution is 6.29. The zero-order valence-corrected chi connectivity index (χ0v) is 8.72. The molecule has 0 unspecified atom stereocenters. The fourth-order valence-corrected chi connectivity index (χ4v) is 1.10. The molecular weight excluding hydrogens is 203 g/mol. The number of benzene rings is 1. The lowest BCUT2D eigenvalue weighted by molar-refractivity contribution is 0.629. The van der Waals surface area contributed by atoms with E-state index in [-0.39, 0.29) is 11.0 Å². The van der Waals surface area contributed by atoms with Crippen molar-refractivity contribution in [1.82, 2.24) is 9.97 Å². The predicted molar refractivity (Wildman–Crippen MR) is 55.9 cm³/mol. The van der Waals surface area contributed by atoms with Crippen LogP contribution < -0.4 is 0 Å². The SMILES string of the molecule is CC.Fc1ccc2ncc(Cl)nc2c1. The summed E-state index contributed by atoms with van der Waals surface area (Å²) in [4.78, 5) is 7.86. The predicted octanol–water partition coefficient (Wildman–Crippen LogP) is 3.45. The standard InChI is InChI=1S/C8H4ClFN2.C2H6/c9-8-4-11-6-2-1-5(10)3-7(6)12-8;1-2/h1-4H;1-2H3. The Morgan fingerprint density at radius 2 is 1.93 bits per heavy atom. The Hall–Kier alpha value is -1.22. The lowest BCUT2D eigenvalue weighted by Gasteiger charge is -1.95. The van der Waals surface area contributed by atoms with Gasteiger partial charge in [0.15, 0.2) is 0 Å². The van der Waals surface area contributed by atoms with Gasteiger partial charge in [-0.3, -0.25) is 4.98 Å². The Kier molecular flexibility index (Phi) is 3.77. The summed E-state index contributed by atoms with van der Waals surface area (Å²) in [7, 11) is 0. The molecule has 0 bridgehead atoms. The van der Waals surface area contributed by atoms with Crippen molar-refractivity contribution in [1.29, 1.82) is 0 Å². The van der Waals surface area contributed by atoms with E-state index in [0.717, 1.165) is 0 Å². The molecule has 0 fully saturated rings. The Balaban J connectivity index is 0.000000461. The summed E-state index contributed by atoms with van der Waals surface area (Å²) in [5.41, 5.74) is 1.11. The summed E-state index contributed by atoms with van der Waals surface area (Å²) in [5, 5.41) is 0.271. The van der Waals surface area contributed by atoms with Crippen molar-refractivity contribution in [2.75, 3.05) is 0 Å². The van der Waals surface area contributed by atoms with E-state index < -0.39 is 0 Å². The van der Waals surface area contributed by atoms with Gasteiger partial charge in [-0.25, -0.2) is 9.37 Å². The van der Waals surface area contributed by atoms with E-state index in [4.69, 9.17) is 11.6 Å². The molecule has 1 aromatic carbocycles. The second kappa shape index (κ2) is 4.86. The van der Waals surface area contributed by atoms with Crippen LogP contribution in [0.1, 0.15) is 13.8 Å². The second-order valence-corrected chi connectivity index (χ2v) is 2.71. The molecule has 0 aliphatic rings. The van der Waals surface area contributed by atoms with Gasteiger partial charge in [-0.2, -0.15) is 0 Å². The topological polar surface area (TPSA) is 25.8 Å². The van der Waals surface area contributed by atoms with Crippen LogP contribution in [0.25, 0.3) is 11.0 Å². The lowest BCUT2D eigenvalue weighted by atomic mass is 10.3. The third-order valence-corrected chi connectivity index (χ3v) is 1.66. The average Bonchev–Trinajstić information content (AvgIpc) is 2.20. The summed E-state index contributed by atoms with van der Waals surface area (Å²) < 4.78 is 12.7. The molecule has 14 heavy (non-hydrogen) atoms. The molecule has 2 nitrogen and oxygen atoms in total. The maximum Gasteiger partial charge on any atom is 0.148 e. The summed E-state index contributed by atoms with van der Waals surface area (Å²) in [6.07, 6.45) is 1.43. The van der Waals surface area contributed by atoms with Crippen LogP contribution in [-0.2, 0) is 0 Å². The number of hydrogen-bond donors (Lipinski definition) is 0. The molecule has 1 heterocycles. The first-order valence-electron chi connectivity index (χ1n) is 4.33. The van der Waals surface area contributed by atoms with Crippen LogP contribution in [-0.4, -0.2) is 9.97 Å². The van der Waals surface area contributed by atoms with Gasteiger partial charge in [0.2, 0.25) is 0 Å². The Bertz CT molecular complexity index is 395. The van der Waals surface area contributed by atoms with E-state index in [1.54, 1.807) is 6.07 Å². The maximum absolute atomic E-state index is 12.7. The fourth-order valence-electron chi connectivity index (χ4n) is 0.962. The van der Waals surface area contributed by atoms with Gasteiger partial charge < -0.3 is 0 Å². The van der Waals surface area contributed by atoms with Crippen molar-refractivity contribution in [2.45, 2.75) is 13.8 Å². The quantitative estimate of drug-likeness (QED) is 0.669. The highest BCUT2D eigenvalue weighted by Gasteiger charge is 1.98. The summed E-state index contributed by atoms with van der Waals surface area (Å²) in [6.45, 7) is 4.00. The van der Waals surface area contributed by atoms with Gasteiger partial charge in [0, 0.05) is 6.07 Å². The normalized spacial score (nSPS) is 9.43. The highest BCUT2D eigenvalue weighted by atomic mass is 35.5. The van der Waals surface area contributed by atoms with Gasteiger partial charge in [0.25, 0.3) is 0 Å². The number of nitrogens with zero attached hydrogens (tertiary/aromatic N) is 2. The van der Waals surface area contributed by atoms with Crippen molar-refractivity contribution >= 4 is 22.6 Å². The molecule has 2 rings (SSSR count). The molecule has 0 N–H and O–H groups in total. The van der Waals surface area contributed by atoms with Gasteiger partial charge in [0.05, 0.1) is 17.2 Å². The van der Waals surface area contributed by atoms with Crippen LogP contribution >= 0.6 is 11.6 Å². The van der Waals surface area contributed by atoms with Crippen molar-refractivity contribution in [3.05, 3.63) is 35.4 Å². The number of rotatable bonds is 0. The van der Waals surface area contributed by atoms with E-state index >= 15 is 0 Å². The molecule has 0 aliphatic carbocycles. The molecule has 0 spiro atoms. The first-order chi connectivity index (χ1) is 6.75. The number of fused-ring (bicyclic) bond motifs is 1.